The summed E-state index contributed by atoms with van der Waals surface area (Å²) < 4.78 is 0. The largest absolute Gasteiger partial charge is 0.398 e. The molecule has 2 saturated heterocycles. The number of likely N-dealkylation sites (tertiary alicyclic amines) is 1. The molecule has 3 aromatic rings. The number of carbonyl (C=O) groups is 1. The molecule has 1 unspecified atom stereocenters. The van der Waals surface area contributed by atoms with Crippen LogP contribution in [0.5, 0.6) is 0 Å². The number of nitrogen functional groups attached to an aromatic ring is 1. The van der Waals surface area contributed by atoms with Crippen molar-refractivity contribution in [3.05, 3.63) is 76.0 Å². The van der Waals surface area contributed by atoms with Crippen molar-refractivity contribution in [2.45, 2.75) is 51.2 Å². The van der Waals surface area contributed by atoms with Crippen LogP contribution >= 0.6 is 11.3 Å². The normalized spacial score (nSPS) is 17.8. The van der Waals surface area contributed by atoms with Crippen LogP contribution in [0.2, 0.25) is 0 Å². The van der Waals surface area contributed by atoms with E-state index in [0.29, 0.717) is 28.6 Å². The molecule has 39 heavy (non-hydrogen) atoms. The number of aliphatic hydroxyl groups is 1. The van der Waals surface area contributed by atoms with Crippen LogP contribution in [0.1, 0.15) is 62.3 Å². The van der Waals surface area contributed by atoms with Crippen LogP contribution in [0.25, 0.3) is 0 Å². The lowest BCUT2D eigenvalue weighted by Gasteiger charge is -2.38. The van der Waals surface area contributed by atoms with E-state index in [1.807, 2.05) is 42.8 Å². The minimum absolute atomic E-state index is 0.0599. The van der Waals surface area contributed by atoms with E-state index in [-0.39, 0.29) is 11.9 Å². The maximum atomic E-state index is 13.4. The van der Waals surface area contributed by atoms with Crippen LogP contribution in [0.15, 0.2) is 59.3 Å². The van der Waals surface area contributed by atoms with Crippen LogP contribution in [0.4, 0.5) is 17.1 Å². The molecule has 5 N–H and O–H groups in total. The van der Waals surface area contributed by atoms with Gasteiger partial charge < -0.3 is 21.1 Å². The molecule has 7 nitrogen and oxygen atoms in total. The Bertz CT molecular complexity index is 1290. The molecular formula is C31H39N5O2S. The van der Waals surface area contributed by atoms with Gasteiger partial charge in [-0.2, -0.15) is 11.3 Å². The maximum Gasteiger partial charge on any atom is 0.246 e. The van der Waals surface area contributed by atoms with Gasteiger partial charge in [0, 0.05) is 41.3 Å². The molecule has 1 aromatic heterocycles. The number of amides is 1. The average molecular weight is 546 g/mol. The van der Waals surface area contributed by atoms with E-state index < -0.39 is 5.60 Å². The van der Waals surface area contributed by atoms with Crippen molar-refractivity contribution in [1.29, 1.82) is 5.41 Å². The number of nitrogens with two attached hydrogens (primary N) is 1. The summed E-state index contributed by atoms with van der Waals surface area (Å²) in [5.74, 6) is 0.253. The van der Waals surface area contributed by atoms with E-state index in [0.717, 1.165) is 68.7 Å². The lowest BCUT2D eigenvalue weighted by Crippen LogP contribution is -2.41. The first-order valence-corrected chi connectivity index (χ1v) is 14.8. The van der Waals surface area contributed by atoms with E-state index in [1.54, 1.807) is 29.5 Å². The van der Waals surface area contributed by atoms with Gasteiger partial charge in [0.25, 0.3) is 0 Å². The minimum atomic E-state index is -0.641. The summed E-state index contributed by atoms with van der Waals surface area (Å²) in [5, 5.41) is 26.4. The SMILES string of the molecule is CC(C)(O)C1CCN(c2ccc(C(=N)c3cc(NC(=O)C(c4ccsc4)N4CCCC4)ccc3N)cc2)CC1. The highest BCUT2D eigenvalue weighted by atomic mass is 32.1. The fraction of sp³-hybridized carbons (Fsp3) is 0.419. The van der Waals surface area contributed by atoms with Gasteiger partial charge in [-0.1, -0.05) is 12.1 Å². The van der Waals surface area contributed by atoms with Crippen LogP contribution in [0.3, 0.4) is 0 Å². The molecule has 206 valence electrons. The van der Waals surface area contributed by atoms with Gasteiger partial charge in [0.2, 0.25) is 5.91 Å². The second-order valence-electron chi connectivity index (χ2n) is 11.3. The zero-order valence-corrected chi connectivity index (χ0v) is 23.6. The fourth-order valence-corrected chi connectivity index (χ4v) is 6.54. The summed E-state index contributed by atoms with van der Waals surface area (Å²) in [4.78, 5) is 18.0. The molecule has 0 radical (unpaired) electrons. The Morgan fingerprint density at radius 2 is 1.77 bits per heavy atom. The van der Waals surface area contributed by atoms with Crippen molar-refractivity contribution in [1.82, 2.24) is 4.90 Å². The number of nitrogens with one attached hydrogen (secondary N) is 2. The number of hydrogen-bond donors (Lipinski definition) is 4. The van der Waals surface area contributed by atoms with Gasteiger partial charge in [0.05, 0.1) is 11.3 Å². The fourth-order valence-electron chi connectivity index (χ4n) is 5.86. The zero-order chi connectivity index (χ0) is 27.6. The maximum absolute atomic E-state index is 13.4. The molecule has 5 rings (SSSR count). The number of hydrogen-bond acceptors (Lipinski definition) is 7. The summed E-state index contributed by atoms with van der Waals surface area (Å²) in [6.07, 6.45) is 4.13. The number of carbonyl (C=O) groups excluding carboxylic acids is 1. The summed E-state index contributed by atoms with van der Waals surface area (Å²) in [5.41, 5.74) is 10.6. The first-order valence-electron chi connectivity index (χ1n) is 13.8. The molecule has 0 bridgehead atoms. The molecule has 2 aliphatic rings. The van der Waals surface area contributed by atoms with Crippen molar-refractivity contribution in [2.24, 2.45) is 5.92 Å². The quantitative estimate of drug-likeness (QED) is 0.221. The molecule has 3 heterocycles. The third-order valence-electron chi connectivity index (χ3n) is 8.22. The van der Waals surface area contributed by atoms with Gasteiger partial charge in [0.1, 0.15) is 6.04 Å². The number of rotatable bonds is 8. The van der Waals surface area contributed by atoms with E-state index >= 15 is 0 Å². The average Bonchev–Trinajstić information content (AvgIpc) is 3.65. The molecule has 8 heteroatoms. The Hall–Kier alpha value is -3.20. The summed E-state index contributed by atoms with van der Waals surface area (Å²) in [6, 6.07) is 15.1. The minimum Gasteiger partial charge on any atom is -0.398 e. The Balaban J connectivity index is 1.28. The van der Waals surface area contributed by atoms with E-state index in [4.69, 9.17) is 11.1 Å². The third-order valence-corrected chi connectivity index (χ3v) is 8.92. The molecule has 2 aromatic carbocycles. The van der Waals surface area contributed by atoms with Gasteiger partial charge >= 0.3 is 0 Å². The summed E-state index contributed by atoms with van der Waals surface area (Å²) >= 11 is 1.60. The first-order chi connectivity index (χ1) is 18.7. The monoisotopic (exact) mass is 545 g/mol. The van der Waals surface area contributed by atoms with E-state index in [1.165, 1.54) is 0 Å². The van der Waals surface area contributed by atoms with Gasteiger partial charge in [-0.25, -0.2) is 0 Å². The van der Waals surface area contributed by atoms with E-state index in [2.05, 4.69) is 27.2 Å². The molecule has 2 aliphatic heterocycles. The summed E-state index contributed by atoms with van der Waals surface area (Å²) in [7, 11) is 0. The molecular weight excluding hydrogens is 506 g/mol. The molecule has 0 aliphatic carbocycles. The third kappa shape index (κ3) is 6.19. The van der Waals surface area contributed by atoms with Crippen molar-refractivity contribution in [2.75, 3.05) is 42.1 Å². The van der Waals surface area contributed by atoms with Crippen LogP contribution in [-0.4, -0.2) is 53.4 Å². The Morgan fingerprint density at radius 1 is 1.08 bits per heavy atom. The smallest absolute Gasteiger partial charge is 0.246 e. The van der Waals surface area contributed by atoms with Crippen LogP contribution < -0.4 is 16.0 Å². The second-order valence-corrected chi connectivity index (χ2v) is 12.1. The van der Waals surface area contributed by atoms with Crippen molar-refractivity contribution in [3.8, 4) is 0 Å². The highest BCUT2D eigenvalue weighted by Crippen LogP contribution is 2.32. The topological polar surface area (TPSA) is 106 Å². The second kappa shape index (κ2) is 11.5. The molecule has 1 amide bonds. The number of benzene rings is 2. The van der Waals surface area contributed by atoms with Crippen LogP contribution in [-0.2, 0) is 4.79 Å². The Labute approximate surface area is 235 Å². The van der Waals surface area contributed by atoms with E-state index in [9.17, 15) is 9.90 Å². The standard InChI is InChI=1S/C31H39N5O2S/c1-31(2,38)23-11-16-35(17-12-23)25-8-5-21(6-9-25)28(33)26-19-24(7-10-27(26)32)34-30(37)29(22-13-18-39-20-22)36-14-3-4-15-36/h5-10,13,18-20,23,29,33,38H,3-4,11-12,14-17,32H2,1-2H3,(H,34,37). The highest BCUT2D eigenvalue weighted by molar-refractivity contribution is 7.08. The Kier molecular flexibility index (Phi) is 8.07. The lowest BCUT2D eigenvalue weighted by atomic mass is 9.83. The highest BCUT2D eigenvalue weighted by Gasteiger charge is 2.31. The zero-order valence-electron chi connectivity index (χ0n) is 22.8. The van der Waals surface area contributed by atoms with Gasteiger partial charge in [0.15, 0.2) is 0 Å². The summed E-state index contributed by atoms with van der Waals surface area (Å²) in [6.45, 7) is 7.44. The van der Waals surface area contributed by atoms with Gasteiger partial charge in [-0.3, -0.25) is 15.1 Å². The molecule has 1 atom stereocenters. The Morgan fingerprint density at radius 3 is 2.38 bits per heavy atom. The number of anilines is 3. The molecule has 2 fully saturated rings. The van der Waals surface area contributed by atoms with Crippen molar-refractivity contribution >= 4 is 40.0 Å². The van der Waals surface area contributed by atoms with Crippen molar-refractivity contribution in [3.63, 3.8) is 0 Å². The van der Waals surface area contributed by atoms with Gasteiger partial charge in [-0.15, -0.1) is 0 Å². The predicted octanol–water partition coefficient (Wildman–Crippen LogP) is 5.51. The van der Waals surface area contributed by atoms with Crippen LogP contribution in [0, 0.1) is 11.3 Å². The predicted molar refractivity (Wildman–Crippen MR) is 161 cm³/mol. The molecule has 0 spiro atoms. The first kappa shape index (κ1) is 27.4. The number of piperidine rings is 1. The number of nitrogens with zero attached hydrogens (tertiary/aromatic N) is 2. The lowest BCUT2D eigenvalue weighted by molar-refractivity contribution is -0.121. The van der Waals surface area contributed by atoms with Gasteiger partial charge in [-0.05, 0) is 111 Å². The molecule has 0 saturated carbocycles. The number of thiophene rings is 1. The van der Waals surface area contributed by atoms with Crippen molar-refractivity contribution < 1.29 is 9.90 Å².